The van der Waals surface area contributed by atoms with E-state index in [0.717, 1.165) is 67.1 Å². The zero-order valence-electron chi connectivity index (χ0n) is 20.1. The number of morpholine rings is 1. The third-order valence-corrected chi connectivity index (χ3v) is 9.00. The van der Waals surface area contributed by atoms with Crippen LogP contribution in [0.1, 0.15) is 24.1 Å². The maximum atomic E-state index is 5.64. The van der Waals surface area contributed by atoms with Crippen molar-refractivity contribution in [2.75, 3.05) is 57.4 Å². The van der Waals surface area contributed by atoms with Crippen molar-refractivity contribution in [1.29, 1.82) is 0 Å². The van der Waals surface area contributed by atoms with Crippen molar-refractivity contribution in [2.45, 2.75) is 31.8 Å². The second-order valence-corrected chi connectivity index (χ2v) is 11.2. The number of hydrogen-bond donors (Lipinski definition) is 1. The molecular weight excluding hydrogens is 456 g/mol. The van der Waals surface area contributed by atoms with Crippen molar-refractivity contribution >= 4 is 38.3 Å². The molecule has 3 aromatic heterocycles. The number of rotatable bonds is 5. The minimum absolute atomic E-state index is 0.748. The molecule has 3 aliphatic rings. The number of anilines is 1. The molecule has 0 spiro atoms. The molecule has 35 heavy (non-hydrogen) atoms. The minimum Gasteiger partial charge on any atom is -0.378 e. The standard InChI is InChI=1S/C27H32N6OS/c1-3-22(21-5-8-28-23(21)4-1)26-29-24-17-20(18-31-11-6-19(7-12-31)32-9-2-10-32)35-25(24)27(30-26)33-13-15-34-16-14-33/h1,3-5,8,17,19,28H,2,6-7,9-16,18H2. The van der Waals surface area contributed by atoms with E-state index in [2.05, 4.69) is 50.0 Å². The topological polar surface area (TPSA) is 60.5 Å². The number of fused-ring (bicyclic) bond motifs is 2. The van der Waals surface area contributed by atoms with E-state index in [0.29, 0.717) is 0 Å². The molecule has 0 amide bonds. The maximum Gasteiger partial charge on any atom is 0.162 e. The first-order chi connectivity index (χ1) is 17.3. The van der Waals surface area contributed by atoms with Crippen LogP contribution in [-0.4, -0.2) is 83.3 Å². The van der Waals surface area contributed by atoms with Crippen molar-refractivity contribution < 1.29 is 4.74 Å². The quantitative estimate of drug-likeness (QED) is 0.451. The van der Waals surface area contributed by atoms with Crippen molar-refractivity contribution in [3.63, 3.8) is 0 Å². The van der Waals surface area contributed by atoms with Crippen LogP contribution in [0.5, 0.6) is 0 Å². The van der Waals surface area contributed by atoms with Gasteiger partial charge in [-0.05, 0) is 50.6 Å². The number of nitrogens with zero attached hydrogens (tertiary/aromatic N) is 5. The Hall–Kier alpha value is -2.52. The second kappa shape index (κ2) is 9.17. The number of hydrogen-bond acceptors (Lipinski definition) is 7. The fraction of sp³-hybridized carbons (Fsp3) is 0.481. The molecule has 7 nitrogen and oxygen atoms in total. The molecule has 0 atom stereocenters. The van der Waals surface area contributed by atoms with Gasteiger partial charge in [0.1, 0.15) is 0 Å². The van der Waals surface area contributed by atoms with Gasteiger partial charge < -0.3 is 19.5 Å². The number of thiophene rings is 1. The second-order valence-electron chi connectivity index (χ2n) is 10.0. The van der Waals surface area contributed by atoms with Crippen LogP contribution >= 0.6 is 11.3 Å². The molecule has 0 unspecified atom stereocenters. The Bertz CT molecular complexity index is 1330. The van der Waals surface area contributed by atoms with Gasteiger partial charge in [-0.25, -0.2) is 9.97 Å². The fourth-order valence-corrected chi connectivity index (χ4v) is 6.96. The number of nitrogens with one attached hydrogen (secondary N) is 1. The van der Waals surface area contributed by atoms with Crippen LogP contribution in [-0.2, 0) is 11.3 Å². The van der Waals surface area contributed by atoms with E-state index >= 15 is 0 Å². The molecule has 7 rings (SSSR count). The van der Waals surface area contributed by atoms with Gasteiger partial charge in [-0.1, -0.05) is 12.1 Å². The Morgan fingerprint density at radius 1 is 1.00 bits per heavy atom. The first-order valence-electron chi connectivity index (χ1n) is 13.0. The van der Waals surface area contributed by atoms with Gasteiger partial charge in [0, 0.05) is 66.3 Å². The number of aromatic nitrogens is 3. The fourth-order valence-electron chi connectivity index (χ4n) is 5.80. The van der Waals surface area contributed by atoms with Gasteiger partial charge in [-0.15, -0.1) is 11.3 Å². The van der Waals surface area contributed by atoms with Crippen molar-refractivity contribution in [3.05, 3.63) is 41.4 Å². The van der Waals surface area contributed by atoms with Crippen molar-refractivity contribution in [3.8, 4) is 11.4 Å². The number of H-pyrrole nitrogens is 1. The highest BCUT2D eigenvalue weighted by Crippen LogP contribution is 2.36. The van der Waals surface area contributed by atoms with Gasteiger partial charge in [-0.2, -0.15) is 0 Å². The average Bonchev–Trinajstić information content (AvgIpc) is 3.50. The predicted molar refractivity (Wildman–Crippen MR) is 142 cm³/mol. The van der Waals surface area contributed by atoms with Gasteiger partial charge in [-0.3, -0.25) is 4.90 Å². The lowest BCUT2D eigenvalue weighted by atomic mass is 10.00. The summed E-state index contributed by atoms with van der Waals surface area (Å²) in [5, 5.41) is 1.17. The molecule has 4 aromatic rings. The van der Waals surface area contributed by atoms with Gasteiger partial charge in [0.25, 0.3) is 0 Å². The summed E-state index contributed by atoms with van der Waals surface area (Å²) < 4.78 is 6.85. The van der Waals surface area contributed by atoms with Crippen LogP contribution in [0.3, 0.4) is 0 Å². The van der Waals surface area contributed by atoms with Crippen molar-refractivity contribution in [2.24, 2.45) is 0 Å². The first kappa shape index (κ1) is 21.7. The lowest BCUT2D eigenvalue weighted by Crippen LogP contribution is -2.50. The molecule has 3 saturated heterocycles. The Morgan fingerprint density at radius 3 is 2.66 bits per heavy atom. The lowest BCUT2D eigenvalue weighted by molar-refractivity contribution is 0.0615. The Kier molecular flexibility index (Phi) is 5.69. The lowest BCUT2D eigenvalue weighted by Gasteiger charge is -2.42. The third-order valence-electron chi connectivity index (χ3n) is 7.89. The molecular formula is C27H32N6OS. The van der Waals surface area contributed by atoms with E-state index in [9.17, 15) is 0 Å². The van der Waals surface area contributed by atoms with E-state index in [-0.39, 0.29) is 0 Å². The average molecular weight is 489 g/mol. The molecule has 182 valence electrons. The van der Waals surface area contributed by atoms with Crippen LogP contribution < -0.4 is 4.90 Å². The molecule has 6 heterocycles. The summed E-state index contributed by atoms with van der Waals surface area (Å²) in [6.45, 7) is 9.26. The molecule has 0 saturated carbocycles. The monoisotopic (exact) mass is 488 g/mol. The number of aromatic amines is 1. The van der Waals surface area contributed by atoms with E-state index in [1.54, 1.807) is 0 Å². The van der Waals surface area contributed by atoms with E-state index in [4.69, 9.17) is 14.7 Å². The number of piperidine rings is 1. The summed E-state index contributed by atoms with van der Waals surface area (Å²) in [4.78, 5) is 22.7. The summed E-state index contributed by atoms with van der Waals surface area (Å²) in [5.41, 5.74) is 3.27. The highest BCUT2D eigenvalue weighted by Gasteiger charge is 2.28. The van der Waals surface area contributed by atoms with Gasteiger partial charge in [0.2, 0.25) is 0 Å². The molecule has 0 radical (unpaired) electrons. The highest BCUT2D eigenvalue weighted by atomic mass is 32.1. The molecule has 3 fully saturated rings. The summed E-state index contributed by atoms with van der Waals surface area (Å²) in [7, 11) is 0. The summed E-state index contributed by atoms with van der Waals surface area (Å²) in [5.74, 6) is 1.87. The van der Waals surface area contributed by atoms with Crippen LogP contribution in [0.4, 0.5) is 5.82 Å². The van der Waals surface area contributed by atoms with Gasteiger partial charge in [0.05, 0.1) is 23.4 Å². The smallest absolute Gasteiger partial charge is 0.162 e. The Balaban J connectivity index is 1.22. The molecule has 1 aromatic carbocycles. The largest absolute Gasteiger partial charge is 0.378 e. The number of ether oxygens (including phenoxy) is 1. The number of likely N-dealkylation sites (tertiary alicyclic amines) is 2. The van der Waals surface area contributed by atoms with Crippen molar-refractivity contribution in [1.82, 2.24) is 24.8 Å². The molecule has 3 aliphatic heterocycles. The highest BCUT2D eigenvalue weighted by molar-refractivity contribution is 7.19. The summed E-state index contributed by atoms with van der Waals surface area (Å²) in [6.07, 6.45) is 5.97. The minimum atomic E-state index is 0.748. The van der Waals surface area contributed by atoms with E-state index < -0.39 is 0 Å². The molecule has 1 N–H and O–H groups in total. The zero-order chi connectivity index (χ0) is 23.2. The zero-order valence-corrected chi connectivity index (χ0v) is 20.9. The molecule has 0 aliphatic carbocycles. The Labute approximate surface area is 209 Å². The normalized spacial score (nSPS) is 20.6. The first-order valence-corrected chi connectivity index (χ1v) is 13.8. The maximum absolute atomic E-state index is 5.64. The molecule has 0 bridgehead atoms. The van der Waals surface area contributed by atoms with Crippen LogP contribution in [0.15, 0.2) is 36.5 Å². The SMILES string of the molecule is c1cc(-c2nc(N3CCOCC3)c3sc(CN4CCC(N5CCC5)CC4)cc3n2)c2cc[nH]c2c1. The summed E-state index contributed by atoms with van der Waals surface area (Å²) in [6, 6.07) is 11.6. The third kappa shape index (κ3) is 4.12. The number of benzene rings is 1. The predicted octanol–water partition coefficient (Wildman–Crippen LogP) is 4.35. The summed E-state index contributed by atoms with van der Waals surface area (Å²) >= 11 is 1.88. The molecule has 8 heteroatoms. The van der Waals surface area contributed by atoms with Gasteiger partial charge in [0.15, 0.2) is 11.6 Å². The van der Waals surface area contributed by atoms with E-state index in [1.807, 2.05) is 17.5 Å². The van der Waals surface area contributed by atoms with Crippen LogP contribution in [0.25, 0.3) is 32.5 Å². The van der Waals surface area contributed by atoms with E-state index in [1.165, 1.54) is 60.4 Å². The van der Waals surface area contributed by atoms with Crippen LogP contribution in [0.2, 0.25) is 0 Å². The van der Waals surface area contributed by atoms with Gasteiger partial charge >= 0.3 is 0 Å². The van der Waals surface area contributed by atoms with Crippen LogP contribution in [0, 0.1) is 0 Å². The Morgan fingerprint density at radius 2 is 1.86 bits per heavy atom.